The minimum atomic E-state index is -2.61. The molecule has 13 heavy (non-hydrogen) atoms. The molecule has 0 saturated carbocycles. The van der Waals surface area contributed by atoms with Gasteiger partial charge in [-0.05, 0) is 12.0 Å². The number of halogens is 2. The van der Waals surface area contributed by atoms with E-state index in [1.807, 2.05) is 0 Å². The van der Waals surface area contributed by atoms with Crippen LogP contribution in [-0.2, 0) is 12.8 Å². The Labute approximate surface area is 73.6 Å². The molecular weight excluding hydrogens is 176 g/mol. The molecule has 0 saturated heterocycles. The summed E-state index contributed by atoms with van der Waals surface area (Å²) in [6.07, 6.45) is -0.155. The summed E-state index contributed by atoms with van der Waals surface area (Å²) in [7, 11) is 0. The van der Waals surface area contributed by atoms with E-state index in [1.165, 1.54) is 12.1 Å². The second-order valence-corrected chi connectivity index (χ2v) is 3.36. The van der Waals surface area contributed by atoms with Gasteiger partial charge in [-0.2, -0.15) is 0 Å². The molecule has 1 aromatic heterocycles. The molecule has 1 heterocycles. The van der Waals surface area contributed by atoms with Crippen LogP contribution in [-0.4, -0.2) is 10.9 Å². The third-order valence-corrected chi connectivity index (χ3v) is 2.29. The Bertz CT molecular complexity index is 383. The van der Waals surface area contributed by atoms with E-state index in [0.29, 0.717) is 11.3 Å². The van der Waals surface area contributed by atoms with Crippen molar-refractivity contribution < 1.29 is 8.78 Å². The Morgan fingerprint density at radius 3 is 2.92 bits per heavy atom. The van der Waals surface area contributed by atoms with Crippen molar-refractivity contribution >= 4 is 0 Å². The van der Waals surface area contributed by atoms with Gasteiger partial charge >= 0.3 is 0 Å². The Kier molecular flexibility index (Phi) is 1.71. The van der Waals surface area contributed by atoms with Crippen molar-refractivity contribution in [1.29, 1.82) is 0 Å². The lowest BCUT2D eigenvalue weighted by molar-refractivity contribution is -0.0128. The lowest BCUT2D eigenvalue weighted by Gasteiger charge is -2.23. The average Bonchev–Trinajstić information content (AvgIpc) is 2.05. The van der Waals surface area contributed by atoms with E-state index in [0.717, 1.165) is 0 Å². The number of nitrogens with one attached hydrogen (secondary N) is 1. The first-order valence-corrected chi connectivity index (χ1v) is 4.16. The number of hydrogen-bond acceptors (Lipinski definition) is 1. The maximum absolute atomic E-state index is 12.9. The molecule has 0 aliphatic heterocycles. The van der Waals surface area contributed by atoms with E-state index in [2.05, 4.69) is 4.98 Å². The molecule has 4 heteroatoms. The van der Waals surface area contributed by atoms with E-state index < -0.39 is 5.92 Å². The van der Waals surface area contributed by atoms with Gasteiger partial charge in [-0.1, -0.05) is 6.07 Å². The highest BCUT2D eigenvalue weighted by atomic mass is 19.3. The Balaban J connectivity index is 2.42. The van der Waals surface area contributed by atoms with Crippen LogP contribution in [0.1, 0.15) is 17.7 Å². The van der Waals surface area contributed by atoms with Crippen LogP contribution in [0.4, 0.5) is 8.78 Å². The Morgan fingerprint density at radius 1 is 1.38 bits per heavy atom. The van der Waals surface area contributed by atoms with E-state index in [9.17, 15) is 13.6 Å². The Morgan fingerprint density at radius 2 is 2.15 bits per heavy atom. The van der Waals surface area contributed by atoms with Gasteiger partial charge in [0.25, 0.3) is 5.92 Å². The minimum Gasteiger partial charge on any atom is -0.326 e. The van der Waals surface area contributed by atoms with Crippen molar-refractivity contribution in [2.45, 2.75) is 25.2 Å². The van der Waals surface area contributed by atoms with Crippen LogP contribution in [0.3, 0.4) is 0 Å². The third-order valence-electron chi connectivity index (χ3n) is 2.29. The Hall–Kier alpha value is -1.19. The number of pyridine rings is 1. The first kappa shape index (κ1) is 8.41. The summed E-state index contributed by atoms with van der Waals surface area (Å²) >= 11 is 0. The highest BCUT2D eigenvalue weighted by molar-refractivity contribution is 5.24. The largest absolute Gasteiger partial charge is 0.326 e. The van der Waals surface area contributed by atoms with Gasteiger partial charge < -0.3 is 4.98 Å². The third kappa shape index (κ3) is 1.61. The fourth-order valence-electron chi connectivity index (χ4n) is 1.61. The van der Waals surface area contributed by atoms with E-state index in [4.69, 9.17) is 0 Å². The zero-order valence-corrected chi connectivity index (χ0v) is 6.94. The molecule has 0 radical (unpaired) electrons. The summed E-state index contributed by atoms with van der Waals surface area (Å²) in [5, 5.41) is 0. The zero-order valence-electron chi connectivity index (χ0n) is 6.94. The van der Waals surface area contributed by atoms with Crippen LogP contribution >= 0.6 is 0 Å². The number of aromatic amines is 1. The summed E-state index contributed by atoms with van der Waals surface area (Å²) in [5.41, 5.74) is 1.01. The standard InChI is InChI=1S/C9H9F2NO/c10-9(11)4-3-7-6(5-9)1-2-8(13)12-7/h1-2H,3-5H2,(H,12,13). The lowest BCUT2D eigenvalue weighted by atomic mass is 9.93. The number of aryl methyl sites for hydroxylation is 1. The molecular formula is C9H9F2NO. The van der Waals surface area contributed by atoms with Crippen LogP contribution in [0.25, 0.3) is 0 Å². The molecule has 1 aromatic rings. The number of aromatic nitrogens is 1. The molecule has 0 spiro atoms. The molecule has 0 amide bonds. The first-order valence-electron chi connectivity index (χ1n) is 4.16. The van der Waals surface area contributed by atoms with Crippen LogP contribution < -0.4 is 5.56 Å². The fourth-order valence-corrected chi connectivity index (χ4v) is 1.61. The van der Waals surface area contributed by atoms with Crippen LogP contribution in [0.5, 0.6) is 0 Å². The van der Waals surface area contributed by atoms with E-state index in [1.54, 1.807) is 0 Å². The monoisotopic (exact) mass is 185 g/mol. The molecule has 2 rings (SSSR count). The predicted molar refractivity (Wildman–Crippen MR) is 44.0 cm³/mol. The summed E-state index contributed by atoms with van der Waals surface area (Å²) in [6.45, 7) is 0. The van der Waals surface area contributed by atoms with Crippen molar-refractivity contribution in [1.82, 2.24) is 4.98 Å². The SMILES string of the molecule is O=c1ccc2c([nH]1)CCC(F)(F)C2. The number of fused-ring (bicyclic) bond motifs is 1. The van der Waals surface area contributed by atoms with E-state index in [-0.39, 0.29) is 24.8 Å². The summed E-state index contributed by atoms with van der Waals surface area (Å²) in [4.78, 5) is 13.4. The van der Waals surface area contributed by atoms with E-state index >= 15 is 0 Å². The maximum atomic E-state index is 12.9. The van der Waals surface area contributed by atoms with Gasteiger partial charge in [-0.25, -0.2) is 8.78 Å². The molecule has 1 aliphatic rings. The summed E-state index contributed by atoms with van der Waals surface area (Å²) < 4.78 is 25.8. The molecule has 0 bridgehead atoms. The van der Waals surface area contributed by atoms with Gasteiger partial charge in [0.2, 0.25) is 5.56 Å². The highest BCUT2D eigenvalue weighted by Gasteiger charge is 2.34. The minimum absolute atomic E-state index is 0.167. The second-order valence-electron chi connectivity index (χ2n) is 3.36. The molecule has 70 valence electrons. The maximum Gasteiger partial charge on any atom is 0.252 e. The zero-order chi connectivity index (χ0) is 9.47. The summed E-state index contributed by atoms with van der Waals surface area (Å²) in [5.74, 6) is -2.61. The lowest BCUT2D eigenvalue weighted by Crippen LogP contribution is -2.28. The van der Waals surface area contributed by atoms with Crippen molar-refractivity contribution in [3.8, 4) is 0 Å². The van der Waals surface area contributed by atoms with Crippen LogP contribution in [0.15, 0.2) is 16.9 Å². The summed E-state index contributed by atoms with van der Waals surface area (Å²) in [6, 6.07) is 2.78. The smallest absolute Gasteiger partial charge is 0.252 e. The second kappa shape index (κ2) is 2.65. The fraction of sp³-hybridized carbons (Fsp3) is 0.444. The topological polar surface area (TPSA) is 32.9 Å². The normalized spacial score (nSPS) is 19.5. The quantitative estimate of drug-likeness (QED) is 0.652. The number of rotatable bonds is 0. The van der Waals surface area contributed by atoms with Crippen LogP contribution in [0.2, 0.25) is 0 Å². The predicted octanol–water partition coefficient (Wildman–Crippen LogP) is 1.50. The molecule has 0 unspecified atom stereocenters. The average molecular weight is 185 g/mol. The first-order chi connectivity index (χ1) is 6.07. The molecule has 0 aromatic carbocycles. The highest BCUT2D eigenvalue weighted by Crippen LogP contribution is 2.31. The van der Waals surface area contributed by atoms with Gasteiger partial charge in [0.1, 0.15) is 0 Å². The van der Waals surface area contributed by atoms with Crippen molar-refractivity contribution in [2.24, 2.45) is 0 Å². The van der Waals surface area contributed by atoms with Crippen molar-refractivity contribution in [3.05, 3.63) is 33.7 Å². The van der Waals surface area contributed by atoms with Gasteiger partial charge in [-0.15, -0.1) is 0 Å². The molecule has 1 aliphatic carbocycles. The van der Waals surface area contributed by atoms with Crippen molar-refractivity contribution in [2.75, 3.05) is 0 Å². The number of alkyl halides is 2. The number of hydrogen-bond donors (Lipinski definition) is 1. The van der Waals surface area contributed by atoms with Gasteiger partial charge in [-0.3, -0.25) is 4.79 Å². The van der Waals surface area contributed by atoms with Crippen molar-refractivity contribution in [3.63, 3.8) is 0 Å². The van der Waals surface area contributed by atoms with Gasteiger partial charge in [0, 0.05) is 24.6 Å². The molecule has 0 fully saturated rings. The molecule has 1 N–H and O–H groups in total. The van der Waals surface area contributed by atoms with Gasteiger partial charge in [0.15, 0.2) is 0 Å². The molecule has 2 nitrogen and oxygen atoms in total. The number of H-pyrrole nitrogens is 1. The van der Waals surface area contributed by atoms with Crippen LogP contribution in [0, 0.1) is 0 Å². The molecule has 0 atom stereocenters. The van der Waals surface area contributed by atoms with Gasteiger partial charge in [0.05, 0.1) is 0 Å².